The number of nitrogens with one attached hydrogen (secondary N) is 1. The van der Waals surface area contributed by atoms with Crippen LogP contribution in [0.2, 0.25) is 0 Å². The van der Waals surface area contributed by atoms with Crippen molar-refractivity contribution in [1.29, 1.82) is 0 Å². The van der Waals surface area contributed by atoms with Crippen LogP contribution in [0.25, 0.3) is 0 Å². The molecule has 2 aromatic carbocycles. The van der Waals surface area contributed by atoms with Crippen molar-refractivity contribution in [2.75, 3.05) is 16.8 Å². The largest absolute Gasteiger partial charge is 0.326 e. The lowest BCUT2D eigenvalue weighted by molar-refractivity contribution is -0.117. The molecule has 0 unspecified atom stereocenters. The Morgan fingerprint density at radius 3 is 2.52 bits per heavy atom. The number of amides is 2. The molecule has 2 amide bonds. The van der Waals surface area contributed by atoms with Gasteiger partial charge in [-0.25, -0.2) is 4.39 Å². The molecule has 1 N–H and O–H groups in total. The SMILES string of the molecule is CC(=O)N(CCC(=O)Nc1cccc(F)c1)c1ccccc1C. The third-order valence-corrected chi connectivity index (χ3v) is 3.46. The van der Waals surface area contributed by atoms with Crippen molar-refractivity contribution in [2.45, 2.75) is 20.3 Å². The van der Waals surface area contributed by atoms with Gasteiger partial charge in [-0.1, -0.05) is 24.3 Å². The van der Waals surface area contributed by atoms with Crippen molar-refractivity contribution in [2.24, 2.45) is 0 Å². The Morgan fingerprint density at radius 1 is 1.13 bits per heavy atom. The first-order chi connectivity index (χ1) is 11.0. The van der Waals surface area contributed by atoms with E-state index in [1.54, 1.807) is 11.0 Å². The zero-order valence-corrected chi connectivity index (χ0v) is 13.2. The van der Waals surface area contributed by atoms with E-state index >= 15 is 0 Å². The maximum Gasteiger partial charge on any atom is 0.226 e. The molecular formula is C18H19FN2O2. The van der Waals surface area contributed by atoms with Crippen molar-refractivity contribution >= 4 is 23.2 Å². The molecule has 2 aromatic rings. The Morgan fingerprint density at radius 2 is 1.87 bits per heavy atom. The molecule has 0 aliphatic carbocycles. The van der Waals surface area contributed by atoms with E-state index in [1.165, 1.54) is 25.1 Å². The van der Waals surface area contributed by atoms with Gasteiger partial charge >= 0.3 is 0 Å². The van der Waals surface area contributed by atoms with Crippen LogP contribution in [0, 0.1) is 12.7 Å². The van der Waals surface area contributed by atoms with Gasteiger partial charge < -0.3 is 10.2 Å². The molecular weight excluding hydrogens is 295 g/mol. The summed E-state index contributed by atoms with van der Waals surface area (Å²) in [5.41, 5.74) is 2.16. The summed E-state index contributed by atoms with van der Waals surface area (Å²) < 4.78 is 13.1. The molecule has 120 valence electrons. The standard InChI is InChI=1S/C18H19FN2O2/c1-13-6-3-4-9-17(13)21(14(2)22)11-10-18(23)20-16-8-5-7-15(19)12-16/h3-9,12H,10-11H2,1-2H3,(H,20,23). The Balaban J connectivity index is 2.00. The first kappa shape index (κ1) is 16.7. The summed E-state index contributed by atoms with van der Waals surface area (Å²) in [6.07, 6.45) is 0.129. The van der Waals surface area contributed by atoms with Crippen molar-refractivity contribution in [1.82, 2.24) is 0 Å². The van der Waals surface area contributed by atoms with E-state index in [2.05, 4.69) is 5.32 Å². The van der Waals surface area contributed by atoms with Gasteiger partial charge in [-0.2, -0.15) is 0 Å². The van der Waals surface area contributed by atoms with Gasteiger partial charge in [0.25, 0.3) is 0 Å². The van der Waals surface area contributed by atoms with Gasteiger partial charge in [0.05, 0.1) is 0 Å². The van der Waals surface area contributed by atoms with Crippen LogP contribution in [0.5, 0.6) is 0 Å². The lowest BCUT2D eigenvalue weighted by Gasteiger charge is -2.22. The van der Waals surface area contributed by atoms with Gasteiger partial charge in [-0.05, 0) is 36.8 Å². The highest BCUT2D eigenvalue weighted by Gasteiger charge is 2.15. The number of aryl methyl sites for hydroxylation is 1. The van der Waals surface area contributed by atoms with Crippen molar-refractivity contribution in [3.05, 3.63) is 59.9 Å². The average molecular weight is 314 g/mol. The van der Waals surface area contributed by atoms with Crippen LogP contribution in [0.3, 0.4) is 0 Å². The normalized spacial score (nSPS) is 10.2. The molecule has 2 rings (SSSR count). The lowest BCUT2D eigenvalue weighted by Crippen LogP contribution is -2.32. The van der Waals surface area contributed by atoms with E-state index < -0.39 is 5.82 Å². The first-order valence-electron chi connectivity index (χ1n) is 7.36. The maximum absolute atomic E-state index is 13.1. The van der Waals surface area contributed by atoms with Crippen molar-refractivity contribution in [3.63, 3.8) is 0 Å². The number of hydrogen-bond donors (Lipinski definition) is 1. The quantitative estimate of drug-likeness (QED) is 0.918. The lowest BCUT2D eigenvalue weighted by atomic mass is 10.1. The molecule has 23 heavy (non-hydrogen) atoms. The van der Waals surface area contributed by atoms with Gasteiger partial charge in [-0.15, -0.1) is 0 Å². The highest BCUT2D eigenvalue weighted by atomic mass is 19.1. The second-order valence-corrected chi connectivity index (χ2v) is 5.27. The van der Waals surface area contributed by atoms with Crippen molar-refractivity contribution < 1.29 is 14.0 Å². The van der Waals surface area contributed by atoms with Crippen LogP contribution >= 0.6 is 0 Å². The van der Waals surface area contributed by atoms with Gasteiger partial charge in [-0.3, -0.25) is 9.59 Å². The Kier molecular flexibility index (Phi) is 5.46. The van der Waals surface area contributed by atoms with Crippen LogP contribution in [0.1, 0.15) is 18.9 Å². The van der Waals surface area contributed by atoms with Crippen LogP contribution in [-0.2, 0) is 9.59 Å². The molecule has 4 nitrogen and oxygen atoms in total. The molecule has 0 aliphatic heterocycles. The minimum absolute atomic E-state index is 0.127. The molecule has 0 atom stereocenters. The molecule has 0 aromatic heterocycles. The monoisotopic (exact) mass is 314 g/mol. The third-order valence-electron chi connectivity index (χ3n) is 3.46. The predicted octanol–water partition coefficient (Wildman–Crippen LogP) is 3.52. The van der Waals surface area contributed by atoms with E-state index in [4.69, 9.17) is 0 Å². The fraction of sp³-hybridized carbons (Fsp3) is 0.222. The maximum atomic E-state index is 13.1. The molecule has 0 spiro atoms. The smallest absolute Gasteiger partial charge is 0.226 e. The number of halogens is 1. The molecule has 5 heteroatoms. The van der Waals surface area contributed by atoms with E-state index in [-0.39, 0.29) is 24.8 Å². The number of benzene rings is 2. The molecule has 0 bridgehead atoms. The Labute approximate surface area is 134 Å². The fourth-order valence-corrected chi connectivity index (χ4v) is 2.32. The molecule has 0 fully saturated rings. The molecule has 0 aliphatic rings. The highest BCUT2D eigenvalue weighted by molar-refractivity contribution is 5.95. The van der Waals surface area contributed by atoms with Gasteiger partial charge in [0.1, 0.15) is 5.82 Å². The fourth-order valence-electron chi connectivity index (χ4n) is 2.32. The van der Waals surface area contributed by atoms with Gasteiger partial charge in [0.2, 0.25) is 11.8 Å². The molecule has 0 saturated heterocycles. The first-order valence-corrected chi connectivity index (χ1v) is 7.36. The second kappa shape index (κ2) is 7.54. The number of carbonyl (C=O) groups is 2. The number of rotatable bonds is 5. The minimum Gasteiger partial charge on any atom is -0.326 e. The number of para-hydroxylation sites is 1. The third kappa shape index (κ3) is 4.64. The summed E-state index contributed by atoms with van der Waals surface area (Å²) in [5.74, 6) is -0.804. The van der Waals surface area contributed by atoms with Crippen LogP contribution in [0.4, 0.5) is 15.8 Å². The van der Waals surface area contributed by atoms with Crippen LogP contribution in [0.15, 0.2) is 48.5 Å². The number of nitrogens with zero attached hydrogens (tertiary/aromatic N) is 1. The topological polar surface area (TPSA) is 49.4 Å². The minimum atomic E-state index is -0.409. The summed E-state index contributed by atoms with van der Waals surface area (Å²) in [6, 6.07) is 13.2. The number of hydrogen-bond acceptors (Lipinski definition) is 2. The van der Waals surface area contributed by atoms with Gasteiger partial charge in [0.15, 0.2) is 0 Å². The molecule has 0 radical (unpaired) electrons. The Bertz CT molecular complexity index is 716. The summed E-state index contributed by atoms with van der Waals surface area (Å²) in [6.45, 7) is 3.65. The second-order valence-electron chi connectivity index (χ2n) is 5.27. The zero-order valence-electron chi connectivity index (χ0n) is 13.2. The van der Waals surface area contributed by atoms with Crippen LogP contribution in [-0.4, -0.2) is 18.4 Å². The number of carbonyl (C=O) groups excluding carboxylic acids is 2. The summed E-state index contributed by atoms with van der Waals surface area (Å²) >= 11 is 0. The zero-order chi connectivity index (χ0) is 16.8. The number of anilines is 2. The molecule has 0 heterocycles. The highest BCUT2D eigenvalue weighted by Crippen LogP contribution is 2.20. The van der Waals surface area contributed by atoms with E-state index in [0.717, 1.165) is 11.3 Å². The van der Waals surface area contributed by atoms with Crippen LogP contribution < -0.4 is 10.2 Å². The van der Waals surface area contributed by atoms with E-state index in [9.17, 15) is 14.0 Å². The van der Waals surface area contributed by atoms with Crippen molar-refractivity contribution in [3.8, 4) is 0 Å². The van der Waals surface area contributed by atoms with E-state index in [1.807, 2.05) is 31.2 Å². The summed E-state index contributed by atoms with van der Waals surface area (Å²) in [7, 11) is 0. The van der Waals surface area contributed by atoms with Gasteiger partial charge in [0, 0.05) is 31.3 Å². The summed E-state index contributed by atoms with van der Waals surface area (Å²) in [5, 5.41) is 2.63. The average Bonchev–Trinajstić information content (AvgIpc) is 2.49. The Hall–Kier alpha value is -2.69. The van der Waals surface area contributed by atoms with E-state index in [0.29, 0.717) is 5.69 Å². The predicted molar refractivity (Wildman–Crippen MR) is 88.9 cm³/mol. The summed E-state index contributed by atoms with van der Waals surface area (Å²) in [4.78, 5) is 25.4. The molecule has 0 saturated carbocycles.